The molecule has 1 N–H and O–H groups in total. The summed E-state index contributed by atoms with van der Waals surface area (Å²) >= 11 is 0. The fourth-order valence-electron chi connectivity index (χ4n) is 4.02. The molecule has 2 aliphatic rings. The topological polar surface area (TPSA) is 37.3 Å². The molecule has 21 heavy (non-hydrogen) atoms. The predicted molar refractivity (Wildman–Crippen MR) is 85.4 cm³/mol. The van der Waals surface area contributed by atoms with E-state index in [-0.39, 0.29) is 11.2 Å². The van der Waals surface area contributed by atoms with E-state index < -0.39 is 0 Å². The summed E-state index contributed by atoms with van der Waals surface area (Å²) in [5, 5.41) is 10.3. The van der Waals surface area contributed by atoms with Gasteiger partial charge in [0.2, 0.25) is 0 Å². The maximum atomic E-state index is 12.1. The minimum absolute atomic E-state index is 0.0190. The van der Waals surface area contributed by atoms with Crippen LogP contribution in [0.5, 0.6) is 5.75 Å². The third kappa shape index (κ3) is 2.31. The highest BCUT2D eigenvalue weighted by molar-refractivity contribution is 6.00. The first-order chi connectivity index (χ1) is 9.79. The average Bonchev–Trinajstić information content (AvgIpc) is 2.36. The molecule has 2 nitrogen and oxygen atoms in total. The normalized spacial score (nSPS) is 23.6. The number of hydrogen-bond acceptors (Lipinski definition) is 2. The maximum absolute atomic E-state index is 12.1. The van der Waals surface area contributed by atoms with Crippen molar-refractivity contribution in [2.24, 2.45) is 11.3 Å². The van der Waals surface area contributed by atoms with Gasteiger partial charge in [-0.3, -0.25) is 4.79 Å². The molecule has 0 aromatic heterocycles. The van der Waals surface area contributed by atoms with E-state index >= 15 is 0 Å². The number of phenolic OH excluding ortho intramolecular Hbond substituents is 1. The number of phenols is 1. The molecule has 0 aliphatic heterocycles. The van der Waals surface area contributed by atoms with Crippen LogP contribution in [0.1, 0.15) is 63.1 Å². The minimum atomic E-state index is 0.0190. The van der Waals surface area contributed by atoms with E-state index in [1.807, 2.05) is 12.1 Å². The summed E-state index contributed by atoms with van der Waals surface area (Å²) in [4.78, 5) is 12.1. The summed E-state index contributed by atoms with van der Waals surface area (Å²) in [5.41, 5.74) is 4.54. The van der Waals surface area contributed by atoms with Crippen molar-refractivity contribution >= 4 is 11.4 Å². The molecule has 2 aliphatic carbocycles. The zero-order valence-electron chi connectivity index (χ0n) is 13.4. The third-order valence-electron chi connectivity index (χ3n) is 5.15. The number of rotatable bonds is 1. The van der Waals surface area contributed by atoms with Crippen LogP contribution in [0.15, 0.2) is 18.2 Å². The van der Waals surface area contributed by atoms with Crippen molar-refractivity contribution in [1.82, 2.24) is 0 Å². The zero-order chi connectivity index (χ0) is 15.4. The van der Waals surface area contributed by atoms with E-state index in [0.29, 0.717) is 24.0 Å². The molecule has 1 aromatic rings. The standard InChI is InChI=1S/C19H24O2/c1-11(2)14-7-12-5-6-17-16(15(12)9-18(14)21)8-13(20)10-19(17,3)4/h7-9,11,17,21H,5-6,10H2,1-4H3/t17-/m1/s1. The molecule has 0 saturated heterocycles. The van der Waals surface area contributed by atoms with Gasteiger partial charge in [0.05, 0.1) is 0 Å². The van der Waals surface area contributed by atoms with Gasteiger partial charge in [0.1, 0.15) is 5.75 Å². The summed E-state index contributed by atoms with van der Waals surface area (Å²) in [6.45, 7) is 8.57. The highest BCUT2D eigenvalue weighted by Crippen LogP contribution is 2.50. The summed E-state index contributed by atoms with van der Waals surface area (Å²) in [6.07, 6.45) is 4.59. The van der Waals surface area contributed by atoms with Gasteiger partial charge in [-0.05, 0) is 64.5 Å². The number of benzene rings is 1. The van der Waals surface area contributed by atoms with E-state index in [9.17, 15) is 9.90 Å². The van der Waals surface area contributed by atoms with Crippen LogP contribution in [0.25, 0.3) is 5.57 Å². The lowest BCUT2D eigenvalue weighted by molar-refractivity contribution is -0.117. The number of hydrogen-bond donors (Lipinski definition) is 1. The van der Waals surface area contributed by atoms with Crippen molar-refractivity contribution in [1.29, 1.82) is 0 Å². The Kier molecular flexibility index (Phi) is 3.23. The first-order valence-electron chi connectivity index (χ1n) is 7.90. The van der Waals surface area contributed by atoms with Gasteiger partial charge in [-0.2, -0.15) is 0 Å². The van der Waals surface area contributed by atoms with Crippen LogP contribution in [0.2, 0.25) is 0 Å². The second-order valence-corrected chi connectivity index (χ2v) is 7.55. The molecule has 0 heterocycles. The highest BCUT2D eigenvalue weighted by atomic mass is 16.3. The van der Waals surface area contributed by atoms with Crippen LogP contribution < -0.4 is 0 Å². The third-order valence-corrected chi connectivity index (χ3v) is 5.15. The first-order valence-corrected chi connectivity index (χ1v) is 7.90. The van der Waals surface area contributed by atoms with Crippen molar-refractivity contribution in [3.8, 4) is 5.75 Å². The van der Waals surface area contributed by atoms with E-state index in [2.05, 4.69) is 33.8 Å². The molecule has 0 amide bonds. The minimum Gasteiger partial charge on any atom is -0.508 e. The molecule has 2 heteroatoms. The number of allylic oxidation sites excluding steroid dienone is 2. The molecule has 1 atom stereocenters. The SMILES string of the molecule is CC(C)c1cc2c(cc1O)C1=CC(=O)CC(C)(C)[C@@H]1CC2. The quantitative estimate of drug-likeness (QED) is 0.826. The van der Waals surface area contributed by atoms with Crippen LogP contribution in [-0.2, 0) is 11.2 Å². The first kappa shape index (κ1) is 14.4. The predicted octanol–water partition coefficient (Wildman–Crippen LogP) is 4.46. The van der Waals surface area contributed by atoms with Crippen LogP contribution in [0, 0.1) is 11.3 Å². The molecule has 0 unspecified atom stereocenters. The average molecular weight is 284 g/mol. The molecule has 112 valence electrons. The smallest absolute Gasteiger partial charge is 0.156 e. The molecule has 0 bridgehead atoms. The van der Waals surface area contributed by atoms with Crippen LogP contribution >= 0.6 is 0 Å². The lowest BCUT2D eigenvalue weighted by atomic mass is 9.62. The lowest BCUT2D eigenvalue weighted by Crippen LogP contribution is -2.34. The Morgan fingerprint density at radius 3 is 2.67 bits per heavy atom. The Hall–Kier alpha value is -1.57. The molecule has 1 aromatic carbocycles. The molecule has 0 radical (unpaired) electrons. The summed E-state index contributed by atoms with van der Waals surface area (Å²) in [5.74, 6) is 1.31. The number of aryl methyl sites for hydroxylation is 1. The monoisotopic (exact) mass is 284 g/mol. The molecule has 0 fully saturated rings. The second-order valence-electron chi connectivity index (χ2n) is 7.55. The van der Waals surface area contributed by atoms with Gasteiger partial charge < -0.3 is 5.11 Å². The van der Waals surface area contributed by atoms with E-state index in [1.54, 1.807) is 0 Å². The van der Waals surface area contributed by atoms with Crippen LogP contribution in [0.4, 0.5) is 0 Å². The second kappa shape index (κ2) is 4.72. The van der Waals surface area contributed by atoms with Crippen LogP contribution in [0.3, 0.4) is 0 Å². The number of carbonyl (C=O) groups excluding carboxylic acids is 1. The Labute approximate surface area is 126 Å². The van der Waals surface area contributed by atoms with Crippen molar-refractivity contribution in [3.63, 3.8) is 0 Å². The Morgan fingerprint density at radius 2 is 2.00 bits per heavy atom. The molecule has 3 rings (SSSR count). The number of aromatic hydroxyl groups is 1. The van der Waals surface area contributed by atoms with Crippen molar-refractivity contribution < 1.29 is 9.90 Å². The molecule has 0 spiro atoms. The Morgan fingerprint density at radius 1 is 1.29 bits per heavy atom. The number of carbonyl (C=O) groups is 1. The van der Waals surface area contributed by atoms with E-state index in [4.69, 9.17) is 0 Å². The molecular formula is C19H24O2. The Bertz CT molecular complexity index is 635. The van der Waals surface area contributed by atoms with Gasteiger partial charge in [0.15, 0.2) is 5.78 Å². The van der Waals surface area contributed by atoms with Gasteiger partial charge in [-0.15, -0.1) is 0 Å². The maximum Gasteiger partial charge on any atom is 0.156 e. The van der Waals surface area contributed by atoms with Gasteiger partial charge in [-0.25, -0.2) is 0 Å². The van der Waals surface area contributed by atoms with Crippen molar-refractivity contribution in [2.45, 2.75) is 52.9 Å². The molecule has 0 saturated carbocycles. The summed E-state index contributed by atoms with van der Waals surface area (Å²) in [6, 6.07) is 4.02. The molecular weight excluding hydrogens is 260 g/mol. The van der Waals surface area contributed by atoms with Gasteiger partial charge in [0, 0.05) is 6.42 Å². The van der Waals surface area contributed by atoms with Crippen molar-refractivity contribution in [2.75, 3.05) is 0 Å². The summed E-state index contributed by atoms with van der Waals surface area (Å²) < 4.78 is 0. The van der Waals surface area contributed by atoms with Gasteiger partial charge in [0.25, 0.3) is 0 Å². The Balaban J connectivity index is 2.15. The van der Waals surface area contributed by atoms with E-state index in [0.717, 1.165) is 29.5 Å². The van der Waals surface area contributed by atoms with Gasteiger partial charge in [-0.1, -0.05) is 33.8 Å². The van der Waals surface area contributed by atoms with Crippen LogP contribution in [-0.4, -0.2) is 10.9 Å². The highest BCUT2D eigenvalue weighted by Gasteiger charge is 2.40. The lowest BCUT2D eigenvalue weighted by Gasteiger charge is -2.42. The number of fused-ring (bicyclic) bond motifs is 3. The fraction of sp³-hybridized carbons (Fsp3) is 0.526. The van der Waals surface area contributed by atoms with E-state index in [1.165, 1.54) is 5.56 Å². The zero-order valence-corrected chi connectivity index (χ0v) is 13.4. The van der Waals surface area contributed by atoms with Gasteiger partial charge >= 0.3 is 0 Å². The number of ketones is 1. The largest absolute Gasteiger partial charge is 0.508 e. The summed E-state index contributed by atoms with van der Waals surface area (Å²) in [7, 11) is 0. The fourth-order valence-corrected chi connectivity index (χ4v) is 4.02. The van der Waals surface area contributed by atoms with Crippen molar-refractivity contribution in [3.05, 3.63) is 34.9 Å².